The minimum absolute atomic E-state index is 0.139. The number of carbonyl (C=O) groups excluding carboxylic acids is 1. The quantitative estimate of drug-likeness (QED) is 0.816. The summed E-state index contributed by atoms with van der Waals surface area (Å²) in [7, 11) is -3.54. The second kappa shape index (κ2) is 6.88. The first-order chi connectivity index (χ1) is 11.6. The van der Waals surface area contributed by atoms with Crippen molar-refractivity contribution in [1.82, 2.24) is 10.0 Å². The molecule has 0 fully saturated rings. The molecule has 2 heterocycles. The number of carbonyl (C=O) groups is 1. The van der Waals surface area contributed by atoms with Crippen LogP contribution in [0.5, 0.6) is 0 Å². The Labute approximate surface area is 139 Å². The van der Waals surface area contributed by atoms with Gasteiger partial charge in [-0.2, -0.15) is 0 Å². The van der Waals surface area contributed by atoms with E-state index in [0.717, 1.165) is 5.76 Å². The number of hydrogen-bond donors (Lipinski definition) is 2. The Morgan fingerprint density at radius 3 is 2.83 bits per heavy atom. The lowest BCUT2D eigenvalue weighted by molar-refractivity contribution is -0.120. The number of aliphatic imine (C=N–C) groups is 1. The maximum Gasteiger partial charge on any atom is 0.263 e. The lowest BCUT2D eigenvalue weighted by atomic mass is 10.2. The molecule has 1 aliphatic heterocycles. The molecule has 0 saturated heterocycles. The van der Waals surface area contributed by atoms with E-state index in [-0.39, 0.29) is 29.6 Å². The Hall–Kier alpha value is -2.61. The van der Waals surface area contributed by atoms with Crippen LogP contribution in [0.25, 0.3) is 0 Å². The molecule has 3 rings (SSSR count). The second-order valence-corrected chi connectivity index (χ2v) is 6.91. The molecule has 7 nitrogen and oxygen atoms in total. The second-order valence-electron chi connectivity index (χ2n) is 5.26. The van der Waals surface area contributed by atoms with E-state index in [1.807, 2.05) is 6.07 Å². The summed E-state index contributed by atoms with van der Waals surface area (Å²) < 4.78 is 31.5. The van der Waals surface area contributed by atoms with Crippen LogP contribution < -0.4 is 10.0 Å². The van der Waals surface area contributed by atoms with E-state index in [9.17, 15) is 13.2 Å². The topological polar surface area (TPSA) is 101 Å². The average Bonchev–Trinajstić information content (AvgIpc) is 3.15. The van der Waals surface area contributed by atoms with Crippen molar-refractivity contribution in [2.45, 2.75) is 17.7 Å². The van der Waals surface area contributed by atoms with E-state index >= 15 is 0 Å². The summed E-state index contributed by atoms with van der Waals surface area (Å²) in [4.78, 5) is 16.2. The molecule has 24 heavy (non-hydrogen) atoms. The van der Waals surface area contributed by atoms with Crippen LogP contribution >= 0.6 is 0 Å². The maximum atomic E-state index is 11.9. The number of nitrogens with zero attached hydrogens (tertiary/aromatic N) is 1. The highest BCUT2D eigenvalue weighted by Crippen LogP contribution is 2.22. The van der Waals surface area contributed by atoms with Gasteiger partial charge < -0.3 is 9.73 Å². The van der Waals surface area contributed by atoms with Crippen molar-refractivity contribution in [1.29, 1.82) is 0 Å². The SMILES string of the molecule is O=C(CCN=C1NS(=O)(=O)c2ccccc21)NCCc1ccco1. The number of nitrogens with one attached hydrogen (secondary N) is 2. The van der Waals surface area contributed by atoms with Crippen LogP contribution in [-0.4, -0.2) is 33.3 Å². The van der Waals surface area contributed by atoms with Gasteiger partial charge in [0.15, 0.2) is 0 Å². The predicted octanol–water partition coefficient (Wildman–Crippen LogP) is 1.07. The summed E-state index contributed by atoms with van der Waals surface area (Å²) in [6, 6.07) is 10.3. The number of furan rings is 1. The fourth-order valence-electron chi connectivity index (χ4n) is 2.39. The first-order valence-corrected chi connectivity index (χ1v) is 9.00. The number of benzene rings is 1. The Bertz CT molecular complexity index is 857. The summed E-state index contributed by atoms with van der Waals surface area (Å²) in [5, 5.41) is 2.77. The Morgan fingerprint density at radius 1 is 1.21 bits per heavy atom. The number of amidine groups is 1. The average molecular weight is 347 g/mol. The van der Waals surface area contributed by atoms with Gasteiger partial charge in [-0.3, -0.25) is 14.5 Å². The predicted molar refractivity (Wildman–Crippen MR) is 88.2 cm³/mol. The van der Waals surface area contributed by atoms with Gasteiger partial charge in [0, 0.05) is 24.9 Å². The fraction of sp³-hybridized carbons (Fsp3) is 0.250. The van der Waals surface area contributed by atoms with E-state index in [1.54, 1.807) is 30.5 Å². The molecule has 0 aliphatic carbocycles. The zero-order valence-electron chi connectivity index (χ0n) is 12.9. The molecule has 0 spiro atoms. The Balaban J connectivity index is 1.51. The molecule has 1 amide bonds. The molecule has 126 valence electrons. The van der Waals surface area contributed by atoms with Crippen LogP contribution in [0.3, 0.4) is 0 Å². The monoisotopic (exact) mass is 347 g/mol. The van der Waals surface area contributed by atoms with E-state index in [4.69, 9.17) is 4.42 Å². The van der Waals surface area contributed by atoms with Crippen LogP contribution in [0.1, 0.15) is 17.7 Å². The van der Waals surface area contributed by atoms with Crippen LogP contribution in [0.2, 0.25) is 0 Å². The van der Waals surface area contributed by atoms with E-state index in [0.29, 0.717) is 18.5 Å². The number of hydrogen-bond acceptors (Lipinski definition) is 5. The molecular formula is C16H17N3O4S. The zero-order valence-corrected chi connectivity index (χ0v) is 13.7. The minimum atomic E-state index is -3.54. The summed E-state index contributed by atoms with van der Waals surface area (Å²) in [6.45, 7) is 0.692. The largest absolute Gasteiger partial charge is 0.469 e. The number of rotatable bonds is 6. The Kier molecular flexibility index (Phi) is 4.66. The van der Waals surface area contributed by atoms with E-state index < -0.39 is 10.0 Å². The van der Waals surface area contributed by atoms with Crippen molar-refractivity contribution in [2.75, 3.05) is 13.1 Å². The normalized spacial score (nSPS) is 16.6. The molecule has 8 heteroatoms. The maximum absolute atomic E-state index is 11.9. The highest BCUT2D eigenvalue weighted by atomic mass is 32.2. The van der Waals surface area contributed by atoms with Gasteiger partial charge in [-0.1, -0.05) is 12.1 Å². The van der Waals surface area contributed by atoms with Crippen LogP contribution in [0.4, 0.5) is 0 Å². The van der Waals surface area contributed by atoms with Gasteiger partial charge >= 0.3 is 0 Å². The number of fused-ring (bicyclic) bond motifs is 1. The minimum Gasteiger partial charge on any atom is -0.469 e. The lowest BCUT2D eigenvalue weighted by Crippen LogP contribution is -2.27. The highest BCUT2D eigenvalue weighted by molar-refractivity contribution is 7.90. The van der Waals surface area contributed by atoms with Gasteiger partial charge in [-0.05, 0) is 24.3 Å². The van der Waals surface area contributed by atoms with E-state index in [1.165, 1.54) is 6.07 Å². The molecule has 0 bridgehead atoms. The molecule has 0 atom stereocenters. The van der Waals surface area contributed by atoms with Crippen LogP contribution in [0, 0.1) is 0 Å². The molecular weight excluding hydrogens is 330 g/mol. The van der Waals surface area contributed by atoms with Gasteiger partial charge in [0.1, 0.15) is 11.6 Å². The third-order valence-corrected chi connectivity index (χ3v) is 4.94. The van der Waals surface area contributed by atoms with Crippen molar-refractivity contribution < 1.29 is 17.6 Å². The molecule has 1 aromatic carbocycles. The van der Waals surface area contributed by atoms with Gasteiger partial charge in [-0.15, -0.1) is 0 Å². The Morgan fingerprint density at radius 2 is 2.04 bits per heavy atom. The van der Waals surface area contributed by atoms with Gasteiger partial charge in [0.2, 0.25) is 5.91 Å². The summed E-state index contributed by atoms with van der Waals surface area (Å²) in [5.41, 5.74) is 0.538. The molecule has 1 aliphatic rings. The lowest BCUT2D eigenvalue weighted by Gasteiger charge is -2.03. The molecule has 0 unspecified atom stereocenters. The van der Waals surface area contributed by atoms with Crippen molar-refractivity contribution in [2.24, 2.45) is 4.99 Å². The highest BCUT2D eigenvalue weighted by Gasteiger charge is 2.29. The van der Waals surface area contributed by atoms with Crippen LogP contribution in [-0.2, 0) is 21.2 Å². The number of amides is 1. The van der Waals surface area contributed by atoms with Crippen molar-refractivity contribution in [3.8, 4) is 0 Å². The molecule has 2 N–H and O–H groups in total. The summed E-state index contributed by atoms with van der Waals surface area (Å²) in [6.07, 6.45) is 2.40. The third-order valence-electron chi connectivity index (χ3n) is 3.55. The smallest absolute Gasteiger partial charge is 0.263 e. The van der Waals surface area contributed by atoms with Crippen molar-refractivity contribution in [3.63, 3.8) is 0 Å². The third kappa shape index (κ3) is 3.65. The molecule has 2 aromatic rings. The van der Waals surface area contributed by atoms with Gasteiger partial charge in [-0.25, -0.2) is 8.42 Å². The summed E-state index contributed by atoms with van der Waals surface area (Å²) >= 11 is 0. The first-order valence-electron chi connectivity index (χ1n) is 7.52. The van der Waals surface area contributed by atoms with Gasteiger partial charge in [0.05, 0.1) is 17.7 Å². The number of sulfonamides is 1. The van der Waals surface area contributed by atoms with Gasteiger partial charge in [0.25, 0.3) is 10.0 Å². The fourth-order valence-corrected chi connectivity index (χ4v) is 3.64. The zero-order chi connectivity index (χ0) is 17.0. The first kappa shape index (κ1) is 16.3. The van der Waals surface area contributed by atoms with E-state index in [2.05, 4.69) is 15.0 Å². The molecule has 0 radical (unpaired) electrons. The molecule has 0 saturated carbocycles. The standard InChI is InChI=1S/C16H17N3O4S/c20-15(17-9-7-12-4-3-11-23-12)8-10-18-16-13-5-1-2-6-14(13)24(21,22)19-16/h1-6,11H,7-10H2,(H,17,20)(H,18,19). The summed E-state index contributed by atoms with van der Waals surface area (Å²) in [5.74, 6) is 0.960. The van der Waals surface area contributed by atoms with Crippen LogP contribution in [0.15, 0.2) is 57.0 Å². The van der Waals surface area contributed by atoms with Crippen molar-refractivity contribution >= 4 is 21.8 Å². The molecule has 1 aromatic heterocycles. The van der Waals surface area contributed by atoms with Crippen molar-refractivity contribution in [3.05, 3.63) is 54.0 Å².